The highest BCUT2D eigenvalue weighted by Gasteiger charge is 2.16. The number of nitrogens with two attached hydrogens (primary N) is 1. The van der Waals surface area contributed by atoms with Crippen molar-refractivity contribution < 1.29 is 14.3 Å². The lowest BCUT2D eigenvalue weighted by Gasteiger charge is -2.21. The van der Waals surface area contributed by atoms with E-state index >= 15 is 0 Å². The summed E-state index contributed by atoms with van der Waals surface area (Å²) in [6.45, 7) is 1.59. The summed E-state index contributed by atoms with van der Waals surface area (Å²) in [5.74, 6) is 1.01. The summed E-state index contributed by atoms with van der Waals surface area (Å²) in [6, 6.07) is 5.19. The summed E-state index contributed by atoms with van der Waals surface area (Å²) in [5, 5.41) is 3.36. The zero-order valence-electron chi connectivity index (χ0n) is 11.6. The second-order valence-electron chi connectivity index (χ2n) is 4.63. The average molecular weight is 296 g/mol. The van der Waals surface area contributed by atoms with Crippen LogP contribution >= 0.6 is 11.8 Å². The molecular weight excluding hydrogens is 276 g/mol. The largest absolute Gasteiger partial charge is 0.495 e. The van der Waals surface area contributed by atoms with Crippen LogP contribution in [0.25, 0.3) is 0 Å². The summed E-state index contributed by atoms with van der Waals surface area (Å²) < 4.78 is 10.5. The van der Waals surface area contributed by atoms with Crippen LogP contribution in [-0.2, 0) is 9.53 Å². The maximum absolute atomic E-state index is 12.0. The molecule has 0 atom stereocenters. The highest BCUT2D eigenvalue weighted by Crippen LogP contribution is 2.27. The van der Waals surface area contributed by atoms with Crippen LogP contribution in [-0.4, -0.2) is 37.2 Å². The minimum atomic E-state index is -0.0367. The Morgan fingerprint density at radius 2 is 2.25 bits per heavy atom. The van der Waals surface area contributed by atoms with Gasteiger partial charge in [-0.3, -0.25) is 4.79 Å². The van der Waals surface area contributed by atoms with Crippen LogP contribution in [0, 0.1) is 0 Å². The molecule has 1 aliphatic rings. The fourth-order valence-electron chi connectivity index (χ4n) is 2.05. The summed E-state index contributed by atoms with van der Waals surface area (Å²) >= 11 is 1.68. The summed E-state index contributed by atoms with van der Waals surface area (Å²) in [4.78, 5) is 12.0. The van der Waals surface area contributed by atoms with Gasteiger partial charge in [0.2, 0.25) is 5.91 Å². The quantitative estimate of drug-likeness (QED) is 0.814. The predicted octanol–water partition coefficient (Wildman–Crippen LogP) is 2.13. The minimum absolute atomic E-state index is 0.0367. The van der Waals surface area contributed by atoms with E-state index in [1.807, 2.05) is 0 Å². The Labute approximate surface area is 123 Å². The molecule has 5 nitrogen and oxygen atoms in total. The van der Waals surface area contributed by atoms with Gasteiger partial charge in [0.25, 0.3) is 0 Å². The lowest BCUT2D eigenvalue weighted by Crippen LogP contribution is -2.21. The van der Waals surface area contributed by atoms with Crippen LogP contribution in [0.1, 0.15) is 12.8 Å². The van der Waals surface area contributed by atoms with Crippen molar-refractivity contribution in [1.29, 1.82) is 0 Å². The molecule has 1 aliphatic heterocycles. The smallest absolute Gasteiger partial charge is 0.234 e. The van der Waals surface area contributed by atoms with Crippen LogP contribution in [0.5, 0.6) is 5.75 Å². The number of hydrogen-bond acceptors (Lipinski definition) is 5. The van der Waals surface area contributed by atoms with Crippen molar-refractivity contribution in [3.8, 4) is 5.75 Å². The predicted molar refractivity (Wildman–Crippen MR) is 82.3 cm³/mol. The van der Waals surface area contributed by atoms with Gasteiger partial charge in [-0.25, -0.2) is 0 Å². The normalized spacial score (nSPS) is 15.8. The van der Waals surface area contributed by atoms with E-state index in [0.29, 0.717) is 28.1 Å². The van der Waals surface area contributed by atoms with Crippen LogP contribution in [0.4, 0.5) is 11.4 Å². The van der Waals surface area contributed by atoms with Gasteiger partial charge >= 0.3 is 0 Å². The average Bonchev–Trinajstić information content (AvgIpc) is 2.46. The molecule has 110 valence electrons. The number of hydrogen-bond donors (Lipinski definition) is 2. The standard InChI is InChI=1S/C14H20N2O3S/c1-18-13-3-2-10(15)8-12(13)16-14(17)9-20-11-4-6-19-7-5-11/h2-3,8,11H,4-7,9,15H2,1H3,(H,16,17). The molecule has 1 fully saturated rings. The van der Waals surface area contributed by atoms with E-state index in [1.165, 1.54) is 0 Å². The van der Waals surface area contributed by atoms with Crippen LogP contribution in [0.3, 0.4) is 0 Å². The first kappa shape index (κ1) is 15.0. The van der Waals surface area contributed by atoms with Gasteiger partial charge in [0, 0.05) is 24.2 Å². The van der Waals surface area contributed by atoms with E-state index in [-0.39, 0.29) is 5.91 Å². The maximum atomic E-state index is 12.0. The first-order valence-corrected chi connectivity index (χ1v) is 7.66. The lowest BCUT2D eigenvalue weighted by molar-refractivity contribution is -0.113. The molecule has 3 N–H and O–H groups in total. The van der Waals surface area contributed by atoms with Crippen molar-refractivity contribution in [1.82, 2.24) is 0 Å². The summed E-state index contributed by atoms with van der Waals surface area (Å²) in [6.07, 6.45) is 2.03. The molecule has 1 heterocycles. The molecule has 0 aliphatic carbocycles. The first-order chi connectivity index (χ1) is 9.69. The van der Waals surface area contributed by atoms with Crippen molar-refractivity contribution in [2.24, 2.45) is 0 Å². The third kappa shape index (κ3) is 4.31. The van der Waals surface area contributed by atoms with Crippen molar-refractivity contribution in [2.45, 2.75) is 18.1 Å². The molecule has 1 aromatic rings. The number of carbonyl (C=O) groups is 1. The minimum Gasteiger partial charge on any atom is -0.495 e. The third-order valence-corrected chi connectivity index (χ3v) is 4.49. The molecule has 20 heavy (non-hydrogen) atoms. The molecule has 2 rings (SSSR count). The van der Waals surface area contributed by atoms with Crippen molar-refractivity contribution in [3.05, 3.63) is 18.2 Å². The number of amides is 1. The van der Waals surface area contributed by atoms with Gasteiger partial charge in [-0.1, -0.05) is 0 Å². The lowest BCUT2D eigenvalue weighted by atomic mass is 10.2. The summed E-state index contributed by atoms with van der Waals surface area (Å²) in [7, 11) is 1.57. The van der Waals surface area contributed by atoms with Gasteiger partial charge in [0.05, 0.1) is 18.6 Å². The molecule has 1 aromatic carbocycles. The molecule has 1 amide bonds. The molecule has 0 radical (unpaired) electrons. The Bertz CT molecular complexity index is 462. The Kier molecular flexibility index (Phi) is 5.55. The van der Waals surface area contributed by atoms with Crippen LogP contribution < -0.4 is 15.8 Å². The molecule has 1 saturated heterocycles. The molecular formula is C14H20N2O3S. The van der Waals surface area contributed by atoms with Crippen molar-refractivity contribution in [3.63, 3.8) is 0 Å². The van der Waals surface area contributed by atoms with Gasteiger partial charge in [-0.05, 0) is 31.0 Å². The van der Waals surface area contributed by atoms with Crippen LogP contribution in [0.15, 0.2) is 18.2 Å². The van der Waals surface area contributed by atoms with E-state index < -0.39 is 0 Å². The number of benzene rings is 1. The molecule has 0 spiro atoms. The highest BCUT2D eigenvalue weighted by atomic mass is 32.2. The molecule has 0 saturated carbocycles. The van der Waals surface area contributed by atoms with Gasteiger partial charge in [0.1, 0.15) is 5.75 Å². The Morgan fingerprint density at radius 3 is 2.95 bits per heavy atom. The monoisotopic (exact) mass is 296 g/mol. The number of methoxy groups -OCH3 is 1. The fourth-order valence-corrected chi connectivity index (χ4v) is 3.03. The highest BCUT2D eigenvalue weighted by molar-refractivity contribution is 8.00. The maximum Gasteiger partial charge on any atom is 0.234 e. The SMILES string of the molecule is COc1ccc(N)cc1NC(=O)CSC1CCOCC1. The van der Waals surface area contributed by atoms with Crippen LogP contribution in [0.2, 0.25) is 0 Å². The van der Waals surface area contributed by atoms with Gasteiger partial charge in [0.15, 0.2) is 0 Å². The van der Waals surface area contributed by atoms with E-state index in [0.717, 1.165) is 26.1 Å². The Hall–Kier alpha value is -1.40. The molecule has 0 unspecified atom stereocenters. The number of carbonyl (C=O) groups excluding carboxylic acids is 1. The van der Waals surface area contributed by atoms with E-state index in [2.05, 4.69) is 5.32 Å². The van der Waals surface area contributed by atoms with Gasteiger partial charge in [-0.15, -0.1) is 11.8 Å². The zero-order valence-corrected chi connectivity index (χ0v) is 12.4. The van der Waals surface area contributed by atoms with Crippen molar-refractivity contribution >= 4 is 29.0 Å². The summed E-state index contributed by atoms with van der Waals surface area (Å²) in [5.41, 5.74) is 6.93. The number of anilines is 2. The van der Waals surface area contributed by atoms with Gasteiger partial charge in [-0.2, -0.15) is 0 Å². The number of nitrogens with one attached hydrogen (secondary N) is 1. The van der Waals surface area contributed by atoms with E-state index in [1.54, 1.807) is 37.1 Å². The second-order valence-corrected chi connectivity index (χ2v) is 5.92. The molecule has 0 aromatic heterocycles. The van der Waals surface area contributed by atoms with E-state index in [4.69, 9.17) is 15.2 Å². The number of thioether (sulfide) groups is 1. The molecule has 6 heteroatoms. The Balaban J connectivity index is 1.86. The number of rotatable bonds is 5. The second kappa shape index (κ2) is 7.40. The van der Waals surface area contributed by atoms with E-state index in [9.17, 15) is 4.79 Å². The molecule has 0 bridgehead atoms. The first-order valence-electron chi connectivity index (χ1n) is 6.61. The fraction of sp³-hybridized carbons (Fsp3) is 0.500. The third-order valence-electron chi connectivity index (χ3n) is 3.12. The topological polar surface area (TPSA) is 73.6 Å². The van der Waals surface area contributed by atoms with Gasteiger partial charge < -0.3 is 20.5 Å². The number of nitrogen functional groups attached to an aromatic ring is 1. The number of ether oxygens (including phenoxy) is 2. The van der Waals surface area contributed by atoms with Crippen molar-refractivity contribution in [2.75, 3.05) is 37.1 Å². The zero-order chi connectivity index (χ0) is 14.4. The Morgan fingerprint density at radius 1 is 1.50 bits per heavy atom.